The molecular weight excluding hydrogens is 186 g/mol. The fourth-order valence-electron chi connectivity index (χ4n) is 2.60. The molecule has 1 aromatic rings. The zero-order valence-corrected chi connectivity index (χ0v) is 9.53. The van der Waals surface area contributed by atoms with E-state index in [4.69, 9.17) is 0 Å². The maximum Gasteiger partial charge on any atom is 0.103 e. The van der Waals surface area contributed by atoms with Crippen LogP contribution in [-0.4, -0.2) is 25.2 Å². The standard InChI is InChI=1S/C13H19NO/c1-11-10-14(2)9-8-13(11,15)12-6-4-3-5-7-12/h3-7,11,15H,8-10H2,1-2H3/p+1/t11-,13+/m0/s1. The van der Waals surface area contributed by atoms with Crippen molar-refractivity contribution >= 4 is 0 Å². The van der Waals surface area contributed by atoms with Crippen molar-refractivity contribution < 1.29 is 10.0 Å². The Hall–Kier alpha value is -0.860. The highest BCUT2D eigenvalue weighted by molar-refractivity contribution is 5.23. The zero-order valence-electron chi connectivity index (χ0n) is 9.53. The molecule has 0 amide bonds. The minimum Gasteiger partial charge on any atom is -0.384 e. The van der Waals surface area contributed by atoms with Crippen LogP contribution in [0, 0.1) is 5.92 Å². The van der Waals surface area contributed by atoms with Crippen LogP contribution < -0.4 is 4.90 Å². The third-order valence-corrected chi connectivity index (χ3v) is 3.68. The molecule has 0 aromatic heterocycles. The summed E-state index contributed by atoms with van der Waals surface area (Å²) in [5, 5.41) is 10.7. The summed E-state index contributed by atoms with van der Waals surface area (Å²) < 4.78 is 0. The summed E-state index contributed by atoms with van der Waals surface area (Å²) in [6.07, 6.45) is 0.865. The monoisotopic (exact) mass is 206 g/mol. The van der Waals surface area contributed by atoms with Gasteiger partial charge >= 0.3 is 0 Å². The second kappa shape index (κ2) is 3.95. The van der Waals surface area contributed by atoms with Crippen molar-refractivity contribution in [3.63, 3.8) is 0 Å². The topological polar surface area (TPSA) is 24.7 Å². The molecule has 3 atom stereocenters. The van der Waals surface area contributed by atoms with Crippen LogP contribution >= 0.6 is 0 Å². The van der Waals surface area contributed by atoms with Crippen molar-refractivity contribution in [2.45, 2.75) is 18.9 Å². The highest BCUT2D eigenvalue weighted by Gasteiger charge is 2.41. The molecule has 0 aliphatic carbocycles. The number of piperidine rings is 1. The normalized spacial score (nSPS) is 36.5. The third-order valence-electron chi connectivity index (χ3n) is 3.68. The van der Waals surface area contributed by atoms with E-state index in [9.17, 15) is 5.11 Å². The van der Waals surface area contributed by atoms with Crippen LogP contribution in [0.2, 0.25) is 0 Å². The quantitative estimate of drug-likeness (QED) is 0.684. The third kappa shape index (κ3) is 1.92. The smallest absolute Gasteiger partial charge is 0.103 e. The Morgan fingerprint density at radius 1 is 1.33 bits per heavy atom. The SMILES string of the molecule is C[C@H]1C[NH+](C)CC[C@]1(O)c1ccccc1. The lowest BCUT2D eigenvalue weighted by atomic mass is 9.77. The first-order valence-corrected chi connectivity index (χ1v) is 5.72. The van der Waals surface area contributed by atoms with Gasteiger partial charge in [-0.05, 0) is 5.56 Å². The maximum atomic E-state index is 10.7. The number of benzene rings is 1. The van der Waals surface area contributed by atoms with E-state index in [-0.39, 0.29) is 0 Å². The summed E-state index contributed by atoms with van der Waals surface area (Å²) in [5.74, 6) is 0.327. The zero-order chi connectivity index (χ0) is 10.9. The van der Waals surface area contributed by atoms with Crippen molar-refractivity contribution in [3.05, 3.63) is 35.9 Å². The maximum absolute atomic E-state index is 10.7. The van der Waals surface area contributed by atoms with Crippen LogP contribution in [-0.2, 0) is 5.60 Å². The Labute approximate surface area is 91.5 Å². The van der Waals surface area contributed by atoms with E-state index in [0.29, 0.717) is 5.92 Å². The number of hydrogen-bond acceptors (Lipinski definition) is 1. The molecule has 1 aromatic carbocycles. The van der Waals surface area contributed by atoms with Gasteiger partial charge in [-0.3, -0.25) is 0 Å². The van der Waals surface area contributed by atoms with Crippen LogP contribution in [0.25, 0.3) is 0 Å². The molecule has 1 fully saturated rings. The molecule has 2 rings (SSSR count). The molecule has 1 aliphatic heterocycles. The van der Waals surface area contributed by atoms with Crippen LogP contribution in [0.5, 0.6) is 0 Å². The summed E-state index contributed by atoms with van der Waals surface area (Å²) in [6.45, 7) is 4.25. The van der Waals surface area contributed by atoms with Crippen molar-refractivity contribution in [1.82, 2.24) is 0 Å². The average Bonchev–Trinajstić information content (AvgIpc) is 2.25. The Morgan fingerprint density at radius 2 is 2.00 bits per heavy atom. The van der Waals surface area contributed by atoms with Gasteiger partial charge in [0.25, 0.3) is 0 Å². The molecule has 2 heteroatoms. The van der Waals surface area contributed by atoms with E-state index >= 15 is 0 Å². The Balaban J connectivity index is 2.27. The number of quaternary nitrogens is 1. The summed E-state index contributed by atoms with van der Waals surface area (Å²) in [5.41, 5.74) is 0.464. The number of hydrogen-bond donors (Lipinski definition) is 2. The lowest BCUT2D eigenvalue weighted by Crippen LogP contribution is -3.11. The van der Waals surface area contributed by atoms with Crippen molar-refractivity contribution in [1.29, 1.82) is 0 Å². The van der Waals surface area contributed by atoms with Gasteiger partial charge in [0.1, 0.15) is 5.60 Å². The minimum atomic E-state index is -0.610. The minimum absolute atomic E-state index is 0.327. The fraction of sp³-hybridized carbons (Fsp3) is 0.538. The first-order chi connectivity index (χ1) is 7.13. The van der Waals surface area contributed by atoms with Gasteiger partial charge in [-0.2, -0.15) is 0 Å². The van der Waals surface area contributed by atoms with Gasteiger partial charge < -0.3 is 10.0 Å². The molecule has 1 heterocycles. The second-order valence-electron chi connectivity index (χ2n) is 4.85. The van der Waals surface area contributed by atoms with Crippen molar-refractivity contribution in [2.24, 2.45) is 5.92 Å². The molecule has 15 heavy (non-hydrogen) atoms. The highest BCUT2D eigenvalue weighted by Crippen LogP contribution is 2.33. The highest BCUT2D eigenvalue weighted by atomic mass is 16.3. The van der Waals surface area contributed by atoms with E-state index in [1.807, 2.05) is 30.3 Å². The van der Waals surface area contributed by atoms with E-state index in [0.717, 1.165) is 25.1 Å². The molecule has 2 N–H and O–H groups in total. The molecule has 1 unspecified atom stereocenters. The molecule has 0 bridgehead atoms. The van der Waals surface area contributed by atoms with Crippen LogP contribution in [0.1, 0.15) is 18.9 Å². The van der Waals surface area contributed by atoms with Gasteiger partial charge in [-0.15, -0.1) is 0 Å². The van der Waals surface area contributed by atoms with Crippen LogP contribution in [0.15, 0.2) is 30.3 Å². The first kappa shape index (κ1) is 10.7. The van der Waals surface area contributed by atoms with E-state index in [2.05, 4.69) is 14.0 Å². The van der Waals surface area contributed by atoms with Gasteiger partial charge in [0.15, 0.2) is 0 Å². The lowest BCUT2D eigenvalue weighted by molar-refractivity contribution is -0.892. The molecule has 1 saturated heterocycles. The number of nitrogens with one attached hydrogen (secondary N) is 1. The average molecular weight is 206 g/mol. The van der Waals surface area contributed by atoms with Gasteiger partial charge in [0.2, 0.25) is 0 Å². The van der Waals surface area contributed by atoms with Crippen LogP contribution in [0.3, 0.4) is 0 Å². The Bertz CT molecular complexity index is 325. The van der Waals surface area contributed by atoms with Gasteiger partial charge in [0.05, 0.1) is 20.1 Å². The number of aliphatic hydroxyl groups is 1. The molecule has 82 valence electrons. The van der Waals surface area contributed by atoms with E-state index in [1.54, 1.807) is 0 Å². The Kier molecular flexibility index (Phi) is 2.81. The second-order valence-corrected chi connectivity index (χ2v) is 4.85. The number of likely N-dealkylation sites (tertiary alicyclic amines) is 1. The number of rotatable bonds is 1. The molecule has 0 radical (unpaired) electrons. The summed E-state index contributed by atoms with van der Waals surface area (Å²) in [6, 6.07) is 10.1. The largest absolute Gasteiger partial charge is 0.384 e. The van der Waals surface area contributed by atoms with E-state index < -0.39 is 5.60 Å². The van der Waals surface area contributed by atoms with Gasteiger partial charge in [0, 0.05) is 12.3 Å². The predicted molar refractivity (Wildman–Crippen MR) is 60.7 cm³/mol. The van der Waals surface area contributed by atoms with Crippen LogP contribution in [0.4, 0.5) is 0 Å². The fourth-order valence-corrected chi connectivity index (χ4v) is 2.60. The predicted octanol–water partition coefficient (Wildman–Crippen LogP) is 0.429. The Morgan fingerprint density at radius 3 is 2.60 bits per heavy atom. The summed E-state index contributed by atoms with van der Waals surface area (Å²) in [4.78, 5) is 1.52. The molecule has 2 nitrogen and oxygen atoms in total. The summed E-state index contributed by atoms with van der Waals surface area (Å²) >= 11 is 0. The molecule has 0 saturated carbocycles. The lowest BCUT2D eigenvalue weighted by Gasteiger charge is -2.40. The molecular formula is C13H20NO+. The van der Waals surface area contributed by atoms with Crippen molar-refractivity contribution in [2.75, 3.05) is 20.1 Å². The van der Waals surface area contributed by atoms with Gasteiger partial charge in [-0.1, -0.05) is 37.3 Å². The van der Waals surface area contributed by atoms with E-state index in [1.165, 1.54) is 4.90 Å². The molecule has 1 aliphatic rings. The van der Waals surface area contributed by atoms with Crippen molar-refractivity contribution in [3.8, 4) is 0 Å². The summed E-state index contributed by atoms with van der Waals surface area (Å²) in [7, 11) is 2.20. The van der Waals surface area contributed by atoms with Gasteiger partial charge in [-0.25, -0.2) is 0 Å². The molecule has 0 spiro atoms. The first-order valence-electron chi connectivity index (χ1n) is 5.72.